The Morgan fingerprint density at radius 1 is 1.33 bits per heavy atom. The molecule has 0 radical (unpaired) electrons. The summed E-state index contributed by atoms with van der Waals surface area (Å²) in [5, 5.41) is 8.32. The molecule has 0 atom stereocenters. The first-order valence-corrected chi connectivity index (χ1v) is 3.99. The molecule has 0 saturated carbocycles. The highest BCUT2D eigenvalue weighted by molar-refractivity contribution is 5.93. The Hall–Kier alpha value is -1.78. The summed E-state index contributed by atoms with van der Waals surface area (Å²) in [6, 6.07) is 3.15. The van der Waals surface area contributed by atoms with Gasteiger partial charge >= 0.3 is 5.97 Å². The molecule has 0 heterocycles. The molecule has 0 saturated heterocycles. The van der Waals surface area contributed by atoms with Crippen LogP contribution >= 0.6 is 0 Å². The minimum Gasteiger partial charge on any atom is -0.476 e. The van der Waals surface area contributed by atoms with Gasteiger partial charge in [0.05, 0.1) is 0 Å². The monoisotopic (exact) mass is 216 g/mol. The van der Waals surface area contributed by atoms with Crippen LogP contribution in [0.4, 0.5) is 13.2 Å². The normalized spacial score (nSPS) is 12.3. The maximum absolute atomic E-state index is 13.1. The lowest BCUT2D eigenvalue weighted by Gasteiger charge is -2.04. The Labute approximate surface area is 83.7 Å². The first-order chi connectivity index (χ1) is 6.95. The van der Waals surface area contributed by atoms with Crippen LogP contribution in [0.2, 0.25) is 0 Å². The Kier molecular flexibility index (Phi) is 3.14. The van der Waals surface area contributed by atoms with E-state index in [0.29, 0.717) is 0 Å². The molecule has 0 amide bonds. The summed E-state index contributed by atoms with van der Waals surface area (Å²) in [5.74, 6) is -5.72. The lowest BCUT2D eigenvalue weighted by atomic mass is 10.1. The van der Waals surface area contributed by atoms with Crippen LogP contribution in [0, 0.1) is 11.6 Å². The van der Waals surface area contributed by atoms with Crippen molar-refractivity contribution in [1.29, 1.82) is 0 Å². The van der Waals surface area contributed by atoms with Crippen molar-refractivity contribution in [3.05, 3.63) is 41.2 Å². The van der Waals surface area contributed by atoms with Gasteiger partial charge in [-0.1, -0.05) is 12.1 Å². The van der Waals surface area contributed by atoms with Crippen LogP contribution in [-0.2, 0) is 4.79 Å². The van der Waals surface area contributed by atoms with Crippen molar-refractivity contribution in [3.8, 4) is 0 Å². The number of carboxylic acid groups (broad SMARTS) is 1. The molecule has 0 aliphatic carbocycles. The average Bonchev–Trinajstić information content (AvgIpc) is 2.20. The van der Waals surface area contributed by atoms with Gasteiger partial charge in [0.15, 0.2) is 11.6 Å². The number of allylic oxidation sites excluding steroid dienone is 1. The van der Waals surface area contributed by atoms with Crippen LogP contribution in [0.1, 0.15) is 12.5 Å². The van der Waals surface area contributed by atoms with Gasteiger partial charge in [0.2, 0.25) is 5.83 Å². The smallest absolute Gasteiger partial charge is 0.365 e. The zero-order chi connectivity index (χ0) is 11.6. The van der Waals surface area contributed by atoms with E-state index in [4.69, 9.17) is 5.11 Å². The minimum atomic E-state index is -1.81. The van der Waals surface area contributed by atoms with Crippen LogP contribution < -0.4 is 0 Å². The molecule has 0 spiro atoms. The summed E-state index contributed by atoms with van der Waals surface area (Å²) < 4.78 is 38.8. The quantitative estimate of drug-likeness (QED) is 0.772. The van der Waals surface area contributed by atoms with E-state index < -0.39 is 34.6 Å². The molecule has 80 valence electrons. The van der Waals surface area contributed by atoms with Gasteiger partial charge in [0, 0.05) is 11.1 Å². The van der Waals surface area contributed by atoms with Crippen molar-refractivity contribution >= 4 is 11.5 Å². The highest BCUT2D eigenvalue weighted by Gasteiger charge is 2.16. The van der Waals surface area contributed by atoms with E-state index in [1.165, 1.54) is 6.07 Å². The van der Waals surface area contributed by atoms with Crippen LogP contribution in [-0.4, -0.2) is 11.1 Å². The standard InChI is InChI=1S/C10H7F3O2/c1-5(8(12)10(14)15)6-3-2-4-7(11)9(6)13/h2-4H,1H3,(H,14,15)/b8-5-. The van der Waals surface area contributed by atoms with E-state index in [1.54, 1.807) is 0 Å². The number of carboxylic acids is 1. The fourth-order valence-electron chi connectivity index (χ4n) is 1.07. The molecule has 1 aromatic rings. The highest BCUT2D eigenvalue weighted by Crippen LogP contribution is 2.23. The molecule has 15 heavy (non-hydrogen) atoms. The zero-order valence-electron chi connectivity index (χ0n) is 7.72. The molecule has 0 fully saturated rings. The molecule has 5 heteroatoms. The van der Waals surface area contributed by atoms with E-state index in [0.717, 1.165) is 19.1 Å². The van der Waals surface area contributed by atoms with Gasteiger partial charge < -0.3 is 5.11 Å². The van der Waals surface area contributed by atoms with E-state index in [2.05, 4.69) is 0 Å². The Balaban J connectivity index is 3.35. The molecule has 0 aliphatic rings. The summed E-state index contributed by atoms with van der Waals surface area (Å²) in [6.07, 6.45) is 0. The number of aliphatic carboxylic acids is 1. The third kappa shape index (κ3) is 2.18. The third-order valence-electron chi connectivity index (χ3n) is 1.87. The summed E-state index contributed by atoms with van der Waals surface area (Å²) in [4.78, 5) is 10.3. The Morgan fingerprint density at radius 2 is 1.93 bits per heavy atom. The zero-order valence-corrected chi connectivity index (χ0v) is 7.72. The van der Waals surface area contributed by atoms with E-state index >= 15 is 0 Å². The van der Waals surface area contributed by atoms with Crippen molar-refractivity contribution in [2.45, 2.75) is 6.92 Å². The topological polar surface area (TPSA) is 37.3 Å². The average molecular weight is 216 g/mol. The van der Waals surface area contributed by atoms with Crippen LogP contribution in [0.15, 0.2) is 24.0 Å². The second-order valence-corrected chi connectivity index (χ2v) is 2.85. The maximum atomic E-state index is 13.1. The van der Waals surface area contributed by atoms with Crippen molar-refractivity contribution < 1.29 is 23.1 Å². The third-order valence-corrected chi connectivity index (χ3v) is 1.87. The fourth-order valence-corrected chi connectivity index (χ4v) is 1.07. The second-order valence-electron chi connectivity index (χ2n) is 2.85. The van der Waals surface area contributed by atoms with Gasteiger partial charge in [-0.15, -0.1) is 0 Å². The van der Waals surface area contributed by atoms with Gasteiger partial charge in [-0.3, -0.25) is 0 Å². The Bertz CT molecular complexity index is 438. The summed E-state index contributed by atoms with van der Waals surface area (Å²) in [7, 11) is 0. The molecule has 0 unspecified atom stereocenters. The number of rotatable bonds is 2. The summed E-state index contributed by atoms with van der Waals surface area (Å²) in [6.45, 7) is 1.07. The summed E-state index contributed by atoms with van der Waals surface area (Å²) >= 11 is 0. The largest absolute Gasteiger partial charge is 0.476 e. The highest BCUT2D eigenvalue weighted by atomic mass is 19.2. The van der Waals surface area contributed by atoms with Gasteiger partial charge in [-0.2, -0.15) is 4.39 Å². The second kappa shape index (κ2) is 4.16. The van der Waals surface area contributed by atoms with Crippen LogP contribution in [0.3, 0.4) is 0 Å². The predicted octanol–water partition coefficient (Wildman–Crippen LogP) is 2.75. The first-order valence-electron chi connectivity index (χ1n) is 3.99. The molecular weight excluding hydrogens is 209 g/mol. The minimum absolute atomic E-state index is 0.394. The van der Waals surface area contributed by atoms with E-state index in [-0.39, 0.29) is 0 Å². The lowest BCUT2D eigenvalue weighted by molar-refractivity contribution is -0.134. The molecule has 1 rings (SSSR count). The number of carbonyl (C=O) groups is 1. The molecule has 1 aromatic carbocycles. The molecule has 2 nitrogen and oxygen atoms in total. The lowest BCUT2D eigenvalue weighted by Crippen LogP contribution is -2.00. The van der Waals surface area contributed by atoms with Gasteiger partial charge in [-0.25, -0.2) is 13.6 Å². The molecule has 1 N–H and O–H groups in total. The van der Waals surface area contributed by atoms with Crippen molar-refractivity contribution in [3.63, 3.8) is 0 Å². The first kappa shape index (κ1) is 11.3. The number of hydrogen-bond donors (Lipinski definition) is 1. The molecular formula is C10H7F3O2. The number of hydrogen-bond acceptors (Lipinski definition) is 1. The van der Waals surface area contributed by atoms with E-state index in [9.17, 15) is 18.0 Å². The van der Waals surface area contributed by atoms with Crippen LogP contribution in [0.5, 0.6) is 0 Å². The summed E-state index contributed by atoms with van der Waals surface area (Å²) in [5.41, 5.74) is -0.839. The van der Waals surface area contributed by atoms with Crippen molar-refractivity contribution in [2.75, 3.05) is 0 Å². The Morgan fingerprint density at radius 3 is 2.47 bits per heavy atom. The van der Waals surface area contributed by atoms with Gasteiger partial charge in [0.1, 0.15) is 0 Å². The van der Waals surface area contributed by atoms with Gasteiger partial charge in [-0.05, 0) is 13.0 Å². The van der Waals surface area contributed by atoms with Crippen molar-refractivity contribution in [1.82, 2.24) is 0 Å². The van der Waals surface area contributed by atoms with Gasteiger partial charge in [0.25, 0.3) is 0 Å². The predicted molar refractivity (Wildman–Crippen MR) is 47.7 cm³/mol. The SMILES string of the molecule is C/C(=C(/F)C(=O)O)c1cccc(F)c1F. The van der Waals surface area contributed by atoms with Crippen LogP contribution in [0.25, 0.3) is 5.57 Å². The molecule has 0 bridgehead atoms. The fraction of sp³-hybridized carbons (Fsp3) is 0.100. The molecule has 0 aromatic heterocycles. The number of benzene rings is 1. The van der Waals surface area contributed by atoms with Crippen molar-refractivity contribution in [2.24, 2.45) is 0 Å². The van der Waals surface area contributed by atoms with E-state index in [1.807, 2.05) is 0 Å². The number of halogens is 3. The molecule has 0 aliphatic heterocycles. The maximum Gasteiger partial charge on any atom is 0.365 e.